The molecule has 1 aromatic rings. The SMILES string of the molecule is COCC(C)Oc1ccc(OC)cc1CN. The van der Waals surface area contributed by atoms with Gasteiger partial charge >= 0.3 is 0 Å². The van der Waals surface area contributed by atoms with Crippen LogP contribution in [0.25, 0.3) is 0 Å². The maximum atomic E-state index is 5.72. The van der Waals surface area contributed by atoms with Crippen LogP contribution < -0.4 is 15.2 Å². The Hall–Kier alpha value is -1.26. The first kappa shape index (κ1) is 12.8. The zero-order valence-corrected chi connectivity index (χ0v) is 10.0. The third-order valence-electron chi connectivity index (χ3n) is 2.22. The fraction of sp³-hybridized carbons (Fsp3) is 0.500. The summed E-state index contributed by atoms with van der Waals surface area (Å²) in [6, 6.07) is 5.61. The highest BCUT2D eigenvalue weighted by Crippen LogP contribution is 2.24. The summed E-state index contributed by atoms with van der Waals surface area (Å²) >= 11 is 0. The third-order valence-corrected chi connectivity index (χ3v) is 2.22. The van der Waals surface area contributed by atoms with Gasteiger partial charge in [0, 0.05) is 19.2 Å². The highest BCUT2D eigenvalue weighted by molar-refractivity contribution is 5.40. The molecule has 0 aromatic heterocycles. The van der Waals surface area contributed by atoms with Crippen molar-refractivity contribution in [3.8, 4) is 11.5 Å². The molecule has 0 bridgehead atoms. The Bertz CT molecular complexity index is 328. The van der Waals surface area contributed by atoms with E-state index in [1.54, 1.807) is 14.2 Å². The zero-order chi connectivity index (χ0) is 12.0. The molecule has 16 heavy (non-hydrogen) atoms. The smallest absolute Gasteiger partial charge is 0.124 e. The van der Waals surface area contributed by atoms with Gasteiger partial charge in [0.1, 0.15) is 17.6 Å². The molecule has 1 atom stereocenters. The van der Waals surface area contributed by atoms with Crippen LogP contribution in [0, 0.1) is 0 Å². The molecular formula is C12H19NO3. The quantitative estimate of drug-likeness (QED) is 0.798. The van der Waals surface area contributed by atoms with Gasteiger partial charge in [0.2, 0.25) is 0 Å². The summed E-state index contributed by atoms with van der Waals surface area (Å²) in [7, 11) is 3.28. The van der Waals surface area contributed by atoms with Crippen molar-refractivity contribution in [1.82, 2.24) is 0 Å². The van der Waals surface area contributed by atoms with Crippen LogP contribution in [0.3, 0.4) is 0 Å². The zero-order valence-electron chi connectivity index (χ0n) is 10.0. The van der Waals surface area contributed by atoms with Gasteiger partial charge in [-0.25, -0.2) is 0 Å². The fourth-order valence-electron chi connectivity index (χ4n) is 1.44. The molecule has 0 amide bonds. The molecule has 0 fully saturated rings. The lowest BCUT2D eigenvalue weighted by atomic mass is 10.2. The molecule has 0 spiro atoms. The summed E-state index contributed by atoms with van der Waals surface area (Å²) in [6.07, 6.45) is 0.00342. The van der Waals surface area contributed by atoms with E-state index in [4.69, 9.17) is 19.9 Å². The Morgan fingerprint density at radius 3 is 2.62 bits per heavy atom. The van der Waals surface area contributed by atoms with Gasteiger partial charge in [-0.2, -0.15) is 0 Å². The van der Waals surface area contributed by atoms with Gasteiger partial charge in [-0.15, -0.1) is 0 Å². The van der Waals surface area contributed by atoms with Crippen LogP contribution in [0.15, 0.2) is 18.2 Å². The van der Waals surface area contributed by atoms with Gasteiger partial charge in [0.05, 0.1) is 13.7 Å². The van der Waals surface area contributed by atoms with Crippen LogP contribution in [-0.2, 0) is 11.3 Å². The average molecular weight is 225 g/mol. The first-order valence-corrected chi connectivity index (χ1v) is 5.23. The summed E-state index contributed by atoms with van der Waals surface area (Å²) in [6.45, 7) is 2.93. The first-order valence-electron chi connectivity index (χ1n) is 5.23. The molecule has 0 saturated carbocycles. The van der Waals surface area contributed by atoms with Crippen molar-refractivity contribution >= 4 is 0 Å². The van der Waals surface area contributed by atoms with E-state index in [9.17, 15) is 0 Å². The van der Waals surface area contributed by atoms with Gasteiger partial charge in [0.15, 0.2) is 0 Å². The molecule has 1 unspecified atom stereocenters. The molecule has 0 aliphatic carbocycles. The minimum absolute atomic E-state index is 0.00342. The lowest BCUT2D eigenvalue weighted by molar-refractivity contribution is 0.0914. The lowest BCUT2D eigenvalue weighted by Gasteiger charge is -2.16. The second kappa shape index (κ2) is 6.35. The summed E-state index contributed by atoms with van der Waals surface area (Å²) in [4.78, 5) is 0. The molecule has 0 aliphatic heterocycles. The summed E-state index contributed by atoms with van der Waals surface area (Å²) in [5, 5.41) is 0. The first-order chi connectivity index (χ1) is 7.71. The molecule has 90 valence electrons. The van der Waals surface area contributed by atoms with Crippen molar-refractivity contribution in [1.29, 1.82) is 0 Å². The second-order valence-electron chi connectivity index (χ2n) is 3.56. The van der Waals surface area contributed by atoms with Crippen molar-refractivity contribution in [3.05, 3.63) is 23.8 Å². The topological polar surface area (TPSA) is 53.7 Å². The van der Waals surface area contributed by atoms with Crippen LogP contribution >= 0.6 is 0 Å². The number of methoxy groups -OCH3 is 2. The summed E-state index contributed by atoms with van der Waals surface area (Å²) < 4.78 is 15.9. The van der Waals surface area contributed by atoms with E-state index in [2.05, 4.69) is 0 Å². The van der Waals surface area contributed by atoms with E-state index in [1.165, 1.54) is 0 Å². The Balaban J connectivity index is 2.78. The highest BCUT2D eigenvalue weighted by Gasteiger charge is 2.08. The van der Waals surface area contributed by atoms with E-state index >= 15 is 0 Å². The summed E-state index contributed by atoms with van der Waals surface area (Å²) in [5.41, 5.74) is 6.59. The molecule has 2 N–H and O–H groups in total. The molecule has 0 heterocycles. The maximum absolute atomic E-state index is 5.72. The van der Waals surface area contributed by atoms with Gasteiger partial charge in [-0.3, -0.25) is 0 Å². The molecule has 4 heteroatoms. The van der Waals surface area contributed by atoms with E-state index in [1.807, 2.05) is 25.1 Å². The minimum atomic E-state index is 0.00342. The normalized spacial score (nSPS) is 12.2. The molecule has 4 nitrogen and oxygen atoms in total. The van der Waals surface area contributed by atoms with Crippen LogP contribution in [0.1, 0.15) is 12.5 Å². The Morgan fingerprint density at radius 1 is 1.31 bits per heavy atom. The predicted molar refractivity (Wildman–Crippen MR) is 62.9 cm³/mol. The summed E-state index contributed by atoms with van der Waals surface area (Å²) in [5.74, 6) is 1.57. The molecule has 0 radical (unpaired) electrons. The van der Waals surface area contributed by atoms with Crippen molar-refractivity contribution in [2.75, 3.05) is 20.8 Å². The number of hydrogen-bond donors (Lipinski definition) is 1. The van der Waals surface area contributed by atoms with E-state index in [0.29, 0.717) is 13.2 Å². The maximum Gasteiger partial charge on any atom is 0.124 e. The van der Waals surface area contributed by atoms with Gasteiger partial charge in [-0.05, 0) is 25.1 Å². The van der Waals surface area contributed by atoms with Crippen molar-refractivity contribution in [2.24, 2.45) is 5.73 Å². The van der Waals surface area contributed by atoms with Crippen LogP contribution in [0.4, 0.5) is 0 Å². The second-order valence-corrected chi connectivity index (χ2v) is 3.56. The largest absolute Gasteiger partial charge is 0.497 e. The van der Waals surface area contributed by atoms with Crippen molar-refractivity contribution in [3.63, 3.8) is 0 Å². The highest BCUT2D eigenvalue weighted by atomic mass is 16.5. The molecule has 0 aliphatic rings. The van der Waals surface area contributed by atoms with Crippen LogP contribution in [0.5, 0.6) is 11.5 Å². The van der Waals surface area contributed by atoms with Gasteiger partial charge in [-0.1, -0.05) is 0 Å². The molecule has 1 aromatic carbocycles. The molecule has 0 saturated heterocycles. The lowest BCUT2D eigenvalue weighted by Crippen LogP contribution is -2.19. The van der Waals surface area contributed by atoms with E-state index < -0.39 is 0 Å². The predicted octanol–water partition coefficient (Wildman–Crippen LogP) is 1.57. The monoisotopic (exact) mass is 225 g/mol. The van der Waals surface area contributed by atoms with Gasteiger partial charge in [0.25, 0.3) is 0 Å². The number of nitrogens with two attached hydrogens (primary N) is 1. The number of rotatable bonds is 6. The Labute approximate surface area is 96.3 Å². The third kappa shape index (κ3) is 3.40. The number of ether oxygens (including phenoxy) is 3. The Kier molecular flexibility index (Phi) is 5.08. The van der Waals surface area contributed by atoms with Crippen LogP contribution in [-0.4, -0.2) is 26.9 Å². The number of benzene rings is 1. The van der Waals surface area contributed by atoms with E-state index in [0.717, 1.165) is 17.1 Å². The average Bonchev–Trinajstić information content (AvgIpc) is 2.30. The van der Waals surface area contributed by atoms with Crippen molar-refractivity contribution < 1.29 is 14.2 Å². The number of hydrogen-bond acceptors (Lipinski definition) is 4. The van der Waals surface area contributed by atoms with Crippen molar-refractivity contribution in [2.45, 2.75) is 19.6 Å². The molecule has 1 rings (SSSR count). The standard InChI is InChI=1S/C12H19NO3/c1-9(8-14-2)16-12-5-4-11(15-3)6-10(12)7-13/h4-6,9H,7-8,13H2,1-3H3. The van der Waals surface area contributed by atoms with Crippen LogP contribution in [0.2, 0.25) is 0 Å². The fourth-order valence-corrected chi connectivity index (χ4v) is 1.44. The Morgan fingerprint density at radius 2 is 2.06 bits per heavy atom. The van der Waals surface area contributed by atoms with E-state index in [-0.39, 0.29) is 6.10 Å². The van der Waals surface area contributed by atoms with Gasteiger partial charge < -0.3 is 19.9 Å². The minimum Gasteiger partial charge on any atom is -0.497 e. The molecular weight excluding hydrogens is 206 g/mol.